The Hall–Kier alpha value is -2.87. The Morgan fingerprint density at radius 2 is 1.66 bits per heavy atom. The lowest BCUT2D eigenvalue weighted by atomic mass is 10.2. The Labute approximate surface area is 177 Å². The fourth-order valence-electron chi connectivity index (χ4n) is 2.58. The average Bonchev–Trinajstić information content (AvgIpc) is 3.53. The smallest absolute Gasteiger partial charge is 0.273 e. The van der Waals surface area contributed by atoms with E-state index in [1.807, 2.05) is 13.8 Å². The van der Waals surface area contributed by atoms with Gasteiger partial charge in [0, 0.05) is 21.6 Å². The SMILES string of the molecule is CC(C)Oc1ccc(Br)cc1C(=O)NNC(=O)c1ccc(NC(=O)C2CC2)cc1. The molecule has 3 amide bonds. The topological polar surface area (TPSA) is 96.5 Å². The van der Waals surface area contributed by atoms with Crippen LogP contribution < -0.4 is 20.9 Å². The number of carbonyl (C=O) groups excluding carboxylic acids is 3. The molecular formula is C21H22BrN3O4. The van der Waals surface area contributed by atoms with Gasteiger partial charge in [0.25, 0.3) is 11.8 Å². The molecule has 0 heterocycles. The van der Waals surface area contributed by atoms with Gasteiger partial charge in [-0.05, 0) is 69.2 Å². The highest BCUT2D eigenvalue weighted by atomic mass is 79.9. The summed E-state index contributed by atoms with van der Waals surface area (Å²) in [5.41, 5.74) is 6.07. The summed E-state index contributed by atoms with van der Waals surface area (Å²) >= 11 is 3.33. The maximum Gasteiger partial charge on any atom is 0.273 e. The zero-order valence-electron chi connectivity index (χ0n) is 16.1. The van der Waals surface area contributed by atoms with Crippen molar-refractivity contribution in [2.75, 3.05) is 5.32 Å². The van der Waals surface area contributed by atoms with Crippen LogP contribution in [0.5, 0.6) is 5.75 Å². The molecule has 0 atom stereocenters. The van der Waals surface area contributed by atoms with E-state index in [0.29, 0.717) is 27.0 Å². The molecule has 0 radical (unpaired) electrons. The summed E-state index contributed by atoms with van der Waals surface area (Å²) in [6, 6.07) is 11.6. The molecule has 152 valence electrons. The number of hydrogen-bond acceptors (Lipinski definition) is 4. The second-order valence-electron chi connectivity index (χ2n) is 7.06. The van der Waals surface area contributed by atoms with Gasteiger partial charge in [0.05, 0.1) is 11.7 Å². The van der Waals surface area contributed by atoms with Crippen LogP contribution in [0, 0.1) is 5.92 Å². The molecule has 3 N–H and O–H groups in total. The maximum absolute atomic E-state index is 12.5. The van der Waals surface area contributed by atoms with Gasteiger partial charge in [-0.1, -0.05) is 15.9 Å². The lowest BCUT2D eigenvalue weighted by Crippen LogP contribution is -2.41. The molecule has 0 saturated heterocycles. The molecule has 1 aliphatic carbocycles. The summed E-state index contributed by atoms with van der Waals surface area (Å²) in [6.45, 7) is 3.73. The van der Waals surface area contributed by atoms with E-state index < -0.39 is 11.8 Å². The van der Waals surface area contributed by atoms with E-state index in [4.69, 9.17) is 4.74 Å². The Bertz CT molecular complexity index is 924. The van der Waals surface area contributed by atoms with Gasteiger partial charge in [0.1, 0.15) is 5.75 Å². The Morgan fingerprint density at radius 1 is 1.00 bits per heavy atom. The van der Waals surface area contributed by atoms with E-state index >= 15 is 0 Å². The first-order chi connectivity index (χ1) is 13.8. The van der Waals surface area contributed by atoms with Crippen LogP contribution in [0.1, 0.15) is 47.4 Å². The van der Waals surface area contributed by atoms with Crippen molar-refractivity contribution in [2.24, 2.45) is 5.92 Å². The number of amides is 3. The minimum absolute atomic E-state index is 0.00269. The fourth-order valence-corrected chi connectivity index (χ4v) is 2.95. The molecule has 7 nitrogen and oxygen atoms in total. The van der Waals surface area contributed by atoms with E-state index in [9.17, 15) is 14.4 Å². The van der Waals surface area contributed by atoms with Gasteiger partial charge in [0.15, 0.2) is 0 Å². The Kier molecular flexibility index (Phi) is 6.53. The lowest BCUT2D eigenvalue weighted by molar-refractivity contribution is -0.117. The van der Waals surface area contributed by atoms with E-state index in [1.54, 1.807) is 42.5 Å². The van der Waals surface area contributed by atoms with Crippen molar-refractivity contribution in [2.45, 2.75) is 32.8 Å². The first-order valence-electron chi connectivity index (χ1n) is 9.31. The van der Waals surface area contributed by atoms with Gasteiger partial charge in [0.2, 0.25) is 5.91 Å². The van der Waals surface area contributed by atoms with E-state index in [-0.39, 0.29) is 17.9 Å². The molecule has 0 bridgehead atoms. The number of anilines is 1. The van der Waals surface area contributed by atoms with Crippen molar-refractivity contribution in [1.29, 1.82) is 0 Å². The van der Waals surface area contributed by atoms with Crippen molar-refractivity contribution in [3.63, 3.8) is 0 Å². The van der Waals surface area contributed by atoms with Crippen LogP contribution in [0.25, 0.3) is 0 Å². The van der Waals surface area contributed by atoms with E-state index in [2.05, 4.69) is 32.1 Å². The molecule has 1 aliphatic rings. The van der Waals surface area contributed by atoms with Crippen LogP contribution in [-0.2, 0) is 4.79 Å². The number of hydrazine groups is 1. The molecule has 0 aromatic heterocycles. The van der Waals surface area contributed by atoms with Gasteiger partial charge >= 0.3 is 0 Å². The summed E-state index contributed by atoms with van der Waals surface area (Å²) in [5.74, 6) is -0.437. The number of halogens is 1. The van der Waals surface area contributed by atoms with Crippen LogP contribution in [0.15, 0.2) is 46.9 Å². The zero-order chi connectivity index (χ0) is 21.0. The third-order valence-corrected chi connectivity index (χ3v) is 4.69. The minimum Gasteiger partial charge on any atom is -0.490 e. The molecule has 0 spiro atoms. The van der Waals surface area contributed by atoms with Crippen LogP contribution >= 0.6 is 15.9 Å². The van der Waals surface area contributed by atoms with Crippen LogP contribution in [0.3, 0.4) is 0 Å². The third kappa shape index (κ3) is 5.80. The quantitative estimate of drug-likeness (QED) is 0.574. The number of hydrogen-bond donors (Lipinski definition) is 3. The van der Waals surface area contributed by atoms with Crippen LogP contribution in [0.4, 0.5) is 5.69 Å². The summed E-state index contributed by atoms with van der Waals surface area (Å²) in [4.78, 5) is 36.6. The average molecular weight is 460 g/mol. The molecule has 8 heteroatoms. The number of rotatable bonds is 6. The van der Waals surface area contributed by atoms with Crippen molar-refractivity contribution in [1.82, 2.24) is 10.9 Å². The van der Waals surface area contributed by atoms with Gasteiger partial charge in [-0.25, -0.2) is 0 Å². The minimum atomic E-state index is -0.497. The molecule has 29 heavy (non-hydrogen) atoms. The molecule has 1 saturated carbocycles. The lowest BCUT2D eigenvalue weighted by Gasteiger charge is -2.15. The van der Waals surface area contributed by atoms with Crippen LogP contribution in [-0.4, -0.2) is 23.8 Å². The van der Waals surface area contributed by atoms with Gasteiger partial charge in [-0.3, -0.25) is 25.2 Å². The highest BCUT2D eigenvalue weighted by molar-refractivity contribution is 9.10. The Balaban J connectivity index is 1.59. The standard InChI is InChI=1S/C21H22BrN3O4/c1-12(2)29-18-10-7-15(22)11-17(18)21(28)25-24-20(27)14-5-8-16(9-6-14)23-19(26)13-3-4-13/h5-13H,3-4H2,1-2H3,(H,23,26)(H,24,27)(H,25,28). The second kappa shape index (κ2) is 9.09. The predicted octanol–water partition coefficient (Wildman–Crippen LogP) is 3.66. The monoisotopic (exact) mass is 459 g/mol. The fraction of sp³-hybridized carbons (Fsp3) is 0.286. The zero-order valence-corrected chi connectivity index (χ0v) is 17.7. The molecule has 0 aliphatic heterocycles. The summed E-state index contributed by atoms with van der Waals surface area (Å²) in [6.07, 6.45) is 1.75. The van der Waals surface area contributed by atoms with Crippen molar-refractivity contribution in [3.8, 4) is 5.75 Å². The van der Waals surface area contributed by atoms with Crippen molar-refractivity contribution in [3.05, 3.63) is 58.1 Å². The number of benzene rings is 2. The largest absolute Gasteiger partial charge is 0.490 e. The molecule has 2 aromatic carbocycles. The first-order valence-corrected chi connectivity index (χ1v) is 10.1. The molecular weight excluding hydrogens is 438 g/mol. The highest BCUT2D eigenvalue weighted by Crippen LogP contribution is 2.30. The van der Waals surface area contributed by atoms with E-state index in [0.717, 1.165) is 12.8 Å². The van der Waals surface area contributed by atoms with Gasteiger partial charge in [-0.15, -0.1) is 0 Å². The molecule has 0 unspecified atom stereocenters. The number of ether oxygens (including phenoxy) is 1. The van der Waals surface area contributed by atoms with Crippen LogP contribution in [0.2, 0.25) is 0 Å². The third-order valence-electron chi connectivity index (χ3n) is 4.20. The maximum atomic E-state index is 12.5. The summed E-state index contributed by atoms with van der Waals surface area (Å²) < 4.78 is 6.37. The Morgan fingerprint density at radius 3 is 2.28 bits per heavy atom. The van der Waals surface area contributed by atoms with Crippen molar-refractivity contribution < 1.29 is 19.1 Å². The second-order valence-corrected chi connectivity index (χ2v) is 7.97. The number of nitrogens with one attached hydrogen (secondary N) is 3. The molecule has 1 fully saturated rings. The molecule has 3 rings (SSSR count). The van der Waals surface area contributed by atoms with Gasteiger partial charge < -0.3 is 10.1 Å². The summed E-state index contributed by atoms with van der Waals surface area (Å²) in [5, 5.41) is 2.81. The number of carbonyl (C=O) groups is 3. The molecule has 2 aromatic rings. The predicted molar refractivity (Wildman–Crippen MR) is 113 cm³/mol. The first kappa shape index (κ1) is 20.9. The van der Waals surface area contributed by atoms with Crippen molar-refractivity contribution >= 4 is 39.3 Å². The highest BCUT2D eigenvalue weighted by Gasteiger charge is 2.29. The van der Waals surface area contributed by atoms with Gasteiger partial charge in [-0.2, -0.15) is 0 Å². The van der Waals surface area contributed by atoms with E-state index in [1.165, 1.54) is 0 Å². The summed E-state index contributed by atoms with van der Waals surface area (Å²) in [7, 11) is 0. The normalized spacial score (nSPS) is 13.0.